The summed E-state index contributed by atoms with van der Waals surface area (Å²) in [7, 11) is 0. The van der Waals surface area contributed by atoms with Gasteiger partial charge in [-0.25, -0.2) is 9.97 Å². The maximum Gasteiger partial charge on any atom is 0.222 e. The third-order valence-corrected chi connectivity index (χ3v) is 3.27. The van der Waals surface area contributed by atoms with Gasteiger partial charge in [0.2, 0.25) is 5.71 Å². The lowest BCUT2D eigenvalue weighted by molar-refractivity contribution is 0.319. The average molecular weight is 329 g/mol. The Morgan fingerprint density at radius 2 is 2.44 bits per heavy atom. The molecule has 2 aromatic rings. The molecule has 8 heteroatoms. The summed E-state index contributed by atoms with van der Waals surface area (Å²) in [6.45, 7) is 2.43. The summed E-state index contributed by atoms with van der Waals surface area (Å²) in [6, 6.07) is 1.78. The predicted octanol–water partition coefficient (Wildman–Crippen LogP) is 2.57. The Morgan fingerprint density at radius 1 is 1.72 bits per heavy atom. The van der Waals surface area contributed by atoms with E-state index >= 15 is 0 Å². The molecule has 6 nitrogen and oxygen atoms in total. The number of hydrogen-bond acceptors (Lipinski definition) is 5. The number of aryl methyl sites for hydroxylation is 1. The van der Waals surface area contributed by atoms with Gasteiger partial charge in [0, 0.05) is 12.7 Å². The fraction of sp³-hybridized carbons (Fsp3) is 0.200. The first-order valence-electron chi connectivity index (χ1n) is 4.96. The van der Waals surface area contributed by atoms with Gasteiger partial charge in [-0.05, 0) is 22.9 Å². The summed E-state index contributed by atoms with van der Waals surface area (Å²) in [6.07, 6.45) is 1.56. The van der Waals surface area contributed by atoms with Crippen molar-refractivity contribution in [3.8, 4) is 6.07 Å². The molecular weight excluding hydrogens is 322 g/mol. The zero-order valence-corrected chi connectivity index (χ0v) is 11.6. The predicted molar refractivity (Wildman–Crippen MR) is 69.8 cm³/mol. The monoisotopic (exact) mass is 327 g/mol. The first-order valence-corrected chi connectivity index (χ1v) is 6.13. The van der Waals surface area contributed by atoms with Crippen molar-refractivity contribution >= 4 is 44.3 Å². The minimum atomic E-state index is -0.170. The van der Waals surface area contributed by atoms with Crippen molar-refractivity contribution in [2.45, 2.75) is 13.5 Å². The molecule has 2 aromatic heterocycles. The Bertz CT molecular complexity index is 688. The van der Waals surface area contributed by atoms with Crippen molar-refractivity contribution in [1.29, 1.82) is 5.26 Å². The summed E-state index contributed by atoms with van der Waals surface area (Å²) in [4.78, 5) is 8.18. The van der Waals surface area contributed by atoms with Crippen LogP contribution in [-0.4, -0.2) is 25.5 Å². The molecule has 0 saturated heterocycles. The van der Waals surface area contributed by atoms with Crippen LogP contribution in [0.2, 0.25) is 5.15 Å². The Labute approximate surface area is 116 Å². The van der Waals surface area contributed by atoms with Crippen LogP contribution >= 0.6 is 27.5 Å². The lowest BCUT2D eigenvalue weighted by Crippen LogP contribution is -2.09. The maximum atomic E-state index is 8.91. The van der Waals surface area contributed by atoms with Crippen molar-refractivity contribution < 1.29 is 5.21 Å². The van der Waals surface area contributed by atoms with Crippen LogP contribution < -0.4 is 0 Å². The van der Waals surface area contributed by atoms with E-state index in [4.69, 9.17) is 22.1 Å². The Hall–Kier alpha value is -1.65. The van der Waals surface area contributed by atoms with Gasteiger partial charge in [0.25, 0.3) is 0 Å². The van der Waals surface area contributed by atoms with Gasteiger partial charge in [0.1, 0.15) is 11.6 Å². The van der Waals surface area contributed by atoms with Gasteiger partial charge in [0.15, 0.2) is 11.0 Å². The number of hydrogen-bond donors (Lipinski definition) is 1. The molecule has 0 aliphatic rings. The van der Waals surface area contributed by atoms with Crippen molar-refractivity contribution in [2.24, 2.45) is 5.16 Å². The van der Waals surface area contributed by atoms with Gasteiger partial charge in [-0.3, -0.25) is 0 Å². The summed E-state index contributed by atoms with van der Waals surface area (Å²) < 4.78 is 2.43. The zero-order chi connectivity index (χ0) is 13.3. The third-order valence-electron chi connectivity index (χ3n) is 2.41. The molecule has 18 heavy (non-hydrogen) atoms. The normalized spacial score (nSPS) is 11.8. The summed E-state index contributed by atoms with van der Waals surface area (Å²) in [5, 5.41) is 20.9. The second-order valence-corrected chi connectivity index (χ2v) is 4.55. The number of oxime groups is 1. The SMILES string of the molecule is CCn1c(/C(C#N)=N\O)nc2c(Cl)ncc(Br)c21. The van der Waals surface area contributed by atoms with Gasteiger partial charge in [-0.2, -0.15) is 5.26 Å². The maximum absolute atomic E-state index is 8.91. The quantitative estimate of drug-likeness (QED) is 0.397. The fourth-order valence-corrected chi connectivity index (χ4v) is 2.36. The van der Waals surface area contributed by atoms with Crippen LogP contribution in [0, 0.1) is 11.3 Å². The number of nitrogens with zero attached hydrogens (tertiary/aromatic N) is 5. The first kappa shape index (κ1) is 12.8. The second-order valence-electron chi connectivity index (χ2n) is 3.33. The van der Waals surface area contributed by atoms with Crippen LogP contribution in [-0.2, 0) is 6.54 Å². The summed E-state index contributed by atoms with van der Waals surface area (Å²) in [5.74, 6) is 0.258. The minimum Gasteiger partial charge on any atom is -0.410 e. The van der Waals surface area contributed by atoms with Crippen LogP contribution in [0.4, 0.5) is 0 Å². The van der Waals surface area contributed by atoms with Gasteiger partial charge < -0.3 is 9.77 Å². The topological polar surface area (TPSA) is 87.1 Å². The van der Waals surface area contributed by atoms with E-state index in [2.05, 4.69) is 31.1 Å². The number of pyridine rings is 1. The van der Waals surface area contributed by atoms with Crippen LogP contribution in [0.1, 0.15) is 12.7 Å². The number of fused-ring (bicyclic) bond motifs is 1. The number of aromatic nitrogens is 3. The molecule has 2 rings (SSSR count). The highest BCUT2D eigenvalue weighted by Crippen LogP contribution is 2.28. The molecule has 0 amide bonds. The van der Waals surface area contributed by atoms with Crippen molar-refractivity contribution in [2.75, 3.05) is 0 Å². The molecule has 0 atom stereocenters. The molecule has 2 heterocycles. The van der Waals surface area contributed by atoms with E-state index in [1.807, 2.05) is 6.92 Å². The molecule has 92 valence electrons. The zero-order valence-electron chi connectivity index (χ0n) is 9.22. The lowest BCUT2D eigenvalue weighted by atomic mass is 10.4. The van der Waals surface area contributed by atoms with Gasteiger partial charge in [-0.1, -0.05) is 16.8 Å². The highest BCUT2D eigenvalue weighted by Gasteiger charge is 2.19. The average Bonchev–Trinajstić information content (AvgIpc) is 2.76. The molecule has 0 aromatic carbocycles. The van der Waals surface area contributed by atoms with Crippen LogP contribution in [0.5, 0.6) is 0 Å². The largest absolute Gasteiger partial charge is 0.410 e. The highest BCUT2D eigenvalue weighted by molar-refractivity contribution is 9.10. The molecule has 1 N–H and O–H groups in total. The number of rotatable bonds is 2. The molecule has 0 radical (unpaired) electrons. The first-order chi connectivity index (χ1) is 8.63. The van der Waals surface area contributed by atoms with Crippen molar-refractivity contribution in [3.05, 3.63) is 21.6 Å². The second kappa shape index (κ2) is 4.92. The van der Waals surface area contributed by atoms with Gasteiger partial charge in [0.05, 0.1) is 9.99 Å². The van der Waals surface area contributed by atoms with Crippen molar-refractivity contribution in [1.82, 2.24) is 14.5 Å². The van der Waals surface area contributed by atoms with Gasteiger partial charge in [-0.15, -0.1) is 0 Å². The summed E-state index contributed by atoms with van der Waals surface area (Å²) in [5.41, 5.74) is 0.999. The molecule has 0 bridgehead atoms. The van der Waals surface area contributed by atoms with Crippen LogP contribution in [0.15, 0.2) is 15.8 Å². The Morgan fingerprint density at radius 3 is 3.00 bits per heavy atom. The smallest absolute Gasteiger partial charge is 0.222 e. The molecule has 0 saturated carbocycles. The van der Waals surface area contributed by atoms with Gasteiger partial charge >= 0.3 is 0 Å². The molecule has 0 aliphatic heterocycles. The number of halogens is 2. The number of imidazole rings is 1. The van der Waals surface area contributed by atoms with Crippen LogP contribution in [0.25, 0.3) is 11.0 Å². The lowest BCUT2D eigenvalue weighted by Gasteiger charge is -2.04. The van der Waals surface area contributed by atoms with E-state index in [1.54, 1.807) is 16.8 Å². The van der Waals surface area contributed by atoms with E-state index in [-0.39, 0.29) is 16.7 Å². The fourth-order valence-electron chi connectivity index (χ4n) is 1.68. The van der Waals surface area contributed by atoms with Crippen molar-refractivity contribution in [3.63, 3.8) is 0 Å². The molecule has 0 unspecified atom stereocenters. The number of nitriles is 1. The van der Waals surface area contributed by atoms with E-state index in [0.717, 1.165) is 0 Å². The van der Waals surface area contributed by atoms with E-state index in [9.17, 15) is 0 Å². The van der Waals surface area contributed by atoms with E-state index in [0.29, 0.717) is 22.1 Å². The Balaban J connectivity index is 2.90. The summed E-state index contributed by atoms with van der Waals surface area (Å²) >= 11 is 9.33. The third kappa shape index (κ3) is 1.83. The molecule has 0 aliphatic carbocycles. The van der Waals surface area contributed by atoms with Crippen LogP contribution in [0.3, 0.4) is 0 Å². The van der Waals surface area contributed by atoms with E-state index in [1.165, 1.54) is 0 Å². The highest BCUT2D eigenvalue weighted by atomic mass is 79.9. The standard InChI is InChI=1S/C10H7BrClN5O/c1-2-17-8-5(11)4-14-9(12)7(8)15-10(17)6(3-13)16-18/h4,18H,2H2,1H3/b16-6-. The minimum absolute atomic E-state index is 0.170. The molecule has 0 fully saturated rings. The molecule has 0 spiro atoms. The van der Waals surface area contributed by atoms with E-state index < -0.39 is 0 Å². The molecular formula is C10H7BrClN5O. The Kier molecular flexibility index (Phi) is 3.50.